The van der Waals surface area contributed by atoms with Crippen molar-refractivity contribution in [1.29, 1.82) is 0 Å². The molecule has 0 spiro atoms. The van der Waals surface area contributed by atoms with E-state index in [2.05, 4.69) is 117 Å². The third kappa shape index (κ3) is 10.0. The Labute approximate surface area is 236 Å². The van der Waals surface area contributed by atoms with Gasteiger partial charge in [-0.1, -0.05) is 103 Å². The predicted octanol–water partition coefficient (Wildman–Crippen LogP) is 10.5. The summed E-state index contributed by atoms with van der Waals surface area (Å²) in [6.07, 6.45) is 14.2. The molecule has 0 bridgehead atoms. The van der Waals surface area contributed by atoms with Crippen LogP contribution in [0.15, 0.2) is 121 Å². The Bertz CT molecular complexity index is 1030. The van der Waals surface area contributed by atoms with Gasteiger partial charge in [-0.3, -0.25) is 0 Å². The number of rotatable bonds is 17. The van der Waals surface area contributed by atoms with Crippen LogP contribution in [-0.2, 0) is 0 Å². The lowest BCUT2D eigenvalue weighted by atomic mass is 9.82. The summed E-state index contributed by atoms with van der Waals surface area (Å²) < 4.78 is 0. The molecule has 0 aliphatic heterocycles. The standard InChI is InChI=1S/C36H56N2/c1-17-21-33(27(5)6)34(22-18-2)37(29(9)10)25-32(20-4)24-30(11)31(12)38(36(15,16)23-19-3)26-35(13,14)28(7)8/h17-18,20-22,24H,1-2,5,7,9,12,19,23,25-26H2,3-4,6,8,10-11,13-16H3/b30-24+,32-20+,33-21-,34-22+. The Morgan fingerprint density at radius 3 is 1.82 bits per heavy atom. The SMILES string of the molecule is C=C/C=C(C(=C)C)\C(=C/C=C)N(CC(=C/C)/C=C(\C)C(=C)N(CC(C)(C)C(=C)C)C(C)(C)CCC)C(=C)C. The van der Waals surface area contributed by atoms with Crippen LogP contribution in [0.2, 0.25) is 0 Å². The molecule has 0 aliphatic rings. The van der Waals surface area contributed by atoms with E-state index in [1.807, 2.05) is 26.0 Å². The normalized spacial score (nSPS) is 13.6. The van der Waals surface area contributed by atoms with Gasteiger partial charge in [-0.05, 0) is 77.7 Å². The first-order chi connectivity index (χ1) is 17.5. The van der Waals surface area contributed by atoms with Gasteiger partial charge in [0.25, 0.3) is 0 Å². The van der Waals surface area contributed by atoms with Gasteiger partial charge in [0.15, 0.2) is 0 Å². The molecule has 0 unspecified atom stereocenters. The average molecular weight is 517 g/mol. The van der Waals surface area contributed by atoms with Crippen LogP contribution in [0, 0.1) is 5.41 Å². The molecule has 0 saturated heterocycles. The summed E-state index contributed by atoms with van der Waals surface area (Å²) in [6.45, 7) is 48.5. The summed E-state index contributed by atoms with van der Waals surface area (Å²) in [5.41, 5.74) is 8.40. The Morgan fingerprint density at radius 2 is 1.42 bits per heavy atom. The molecule has 0 fully saturated rings. The fourth-order valence-electron chi connectivity index (χ4n) is 4.36. The third-order valence-corrected chi connectivity index (χ3v) is 7.24. The van der Waals surface area contributed by atoms with Gasteiger partial charge in [-0.15, -0.1) is 0 Å². The highest BCUT2D eigenvalue weighted by Crippen LogP contribution is 2.35. The largest absolute Gasteiger partial charge is 0.366 e. The molecular formula is C36H56N2. The number of allylic oxidation sites excluding steroid dienone is 8. The van der Waals surface area contributed by atoms with Crippen molar-refractivity contribution in [2.45, 2.75) is 87.6 Å². The molecule has 0 rings (SSSR count). The number of hydrogen-bond acceptors (Lipinski definition) is 2. The highest BCUT2D eigenvalue weighted by molar-refractivity contribution is 5.48. The lowest BCUT2D eigenvalue weighted by molar-refractivity contribution is 0.118. The van der Waals surface area contributed by atoms with Gasteiger partial charge in [0.1, 0.15) is 0 Å². The van der Waals surface area contributed by atoms with Crippen LogP contribution >= 0.6 is 0 Å². The molecule has 0 atom stereocenters. The van der Waals surface area contributed by atoms with E-state index >= 15 is 0 Å². The Kier molecular flexibility index (Phi) is 14.2. The van der Waals surface area contributed by atoms with Crippen LogP contribution in [-0.4, -0.2) is 28.4 Å². The van der Waals surface area contributed by atoms with E-state index in [4.69, 9.17) is 0 Å². The van der Waals surface area contributed by atoms with E-state index in [1.54, 1.807) is 12.2 Å². The van der Waals surface area contributed by atoms with E-state index in [1.165, 1.54) is 11.1 Å². The van der Waals surface area contributed by atoms with Gasteiger partial charge in [-0.25, -0.2) is 0 Å². The molecule has 2 heteroatoms. The minimum atomic E-state index is -0.0325. The molecule has 0 aromatic heterocycles. The summed E-state index contributed by atoms with van der Waals surface area (Å²) in [7, 11) is 0. The zero-order valence-corrected chi connectivity index (χ0v) is 26.4. The van der Waals surface area contributed by atoms with E-state index in [-0.39, 0.29) is 11.0 Å². The molecular weight excluding hydrogens is 460 g/mol. The molecule has 210 valence electrons. The van der Waals surface area contributed by atoms with Crippen LogP contribution in [0.5, 0.6) is 0 Å². The van der Waals surface area contributed by atoms with Crippen molar-refractivity contribution in [3.63, 3.8) is 0 Å². The summed E-state index contributed by atoms with van der Waals surface area (Å²) in [5, 5.41) is 0. The van der Waals surface area contributed by atoms with Crippen LogP contribution in [0.1, 0.15) is 82.1 Å². The van der Waals surface area contributed by atoms with Gasteiger partial charge in [0.2, 0.25) is 0 Å². The van der Waals surface area contributed by atoms with E-state index in [0.717, 1.165) is 53.2 Å². The molecule has 0 N–H and O–H groups in total. The van der Waals surface area contributed by atoms with Crippen LogP contribution in [0.3, 0.4) is 0 Å². The Hall–Kier alpha value is -3.00. The molecule has 0 heterocycles. The highest BCUT2D eigenvalue weighted by Gasteiger charge is 2.33. The fraction of sp³-hybridized carbons (Fsp3) is 0.444. The minimum absolute atomic E-state index is 0.0285. The molecule has 0 aromatic carbocycles. The first kappa shape index (κ1) is 35.0. The van der Waals surface area contributed by atoms with Crippen molar-refractivity contribution >= 4 is 0 Å². The second-order valence-corrected chi connectivity index (χ2v) is 11.7. The van der Waals surface area contributed by atoms with Gasteiger partial charge < -0.3 is 9.80 Å². The summed E-state index contributed by atoms with van der Waals surface area (Å²) >= 11 is 0. The Balaban J connectivity index is 6.54. The first-order valence-corrected chi connectivity index (χ1v) is 13.7. The average Bonchev–Trinajstić information content (AvgIpc) is 2.81. The molecule has 2 nitrogen and oxygen atoms in total. The topological polar surface area (TPSA) is 6.48 Å². The smallest absolute Gasteiger partial charge is 0.0486 e. The van der Waals surface area contributed by atoms with Gasteiger partial charge >= 0.3 is 0 Å². The van der Waals surface area contributed by atoms with Crippen molar-refractivity contribution in [2.24, 2.45) is 5.41 Å². The summed E-state index contributed by atoms with van der Waals surface area (Å²) in [5.74, 6) is 0. The predicted molar refractivity (Wildman–Crippen MR) is 174 cm³/mol. The van der Waals surface area contributed by atoms with Gasteiger partial charge in [0, 0.05) is 46.7 Å². The maximum absolute atomic E-state index is 4.60. The van der Waals surface area contributed by atoms with E-state index in [9.17, 15) is 0 Å². The fourth-order valence-corrected chi connectivity index (χ4v) is 4.36. The van der Waals surface area contributed by atoms with Crippen molar-refractivity contribution in [3.8, 4) is 0 Å². The molecule has 0 radical (unpaired) electrons. The summed E-state index contributed by atoms with van der Waals surface area (Å²) in [6, 6.07) is 0. The van der Waals surface area contributed by atoms with Crippen molar-refractivity contribution < 1.29 is 0 Å². The van der Waals surface area contributed by atoms with Crippen LogP contribution in [0.25, 0.3) is 0 Å². The maximum Gasteiger partial charge on any atom is 0.0486 e. The van der Waals surface area contributed by atoms with Gasteiger partial charge in [0.05, 0.1) is 0 Å². The molecule has 0 amide bonds. The zero-order chi connectivity index (χ0) is 29.8. The highest BCUT2D eigenvalue weighted by atomic mass is 15.2. The van der Waals surface area contributed by atoms with Crippen molar-refractivity contribution in [1.82, 2.24) is 9.80 Å². The minimum Gasteiger partial charge on any atom is -0.366 e. The molecule has 0 aliphatic carbocycles. The monoisotopic (exact) mass is 516 g/mol. The van der Waals surface area contributed by atoms with Crippen molar-refractivity contribution in [3.05, 3.63) is 121 Å². The van der Waals surface area contributed by atoms with Crippen molar-refractivity contribution in [2.75, 3.05) is 13.1 Å². The summed E-state index contributed by atoms with van der Waals surface area (Å²) in [4.78, 5) is 4.69. The van der Waals surface area contributed by atoms with E-state index < -0.39 is 0 Å². The second-order valence-electron chi connectivity index (χ2n) is 11.7. The maximum atomic E-state index is 4.60. The molecule has 0 saturated carbocycles. The third-order valence-electron chi connectivity index (χ3n) is 7.24. The van der Waals surface area contributed by atoms with E-state index in [0.29, 0.717) is 6.54 Å². The lowest BCUT2D eigenvalue weighted by Crippen LogP contribution is -2.47. The second kappa shape index (κ2) is 15.4. The lowest BCUT2D eigenvalue weighted by Gasteiger charge is -2.46. The number of nitrogens with zero attached hydrogens (tertiary/aromatic N) is 2. The first-order valence-electron chi connectivity index (χ1n) is 13.7. The van der Waals surface area contributed by atoms with Gasteiger partial charge in [-0.2, -0.15) is 0 Å². The Morgan fingerprint density at radius 1 is 0.868 bits per heavy atom. The molecule has 38 heavy (non-hydrogen) atoms. The number of hydrogen-bond donors (Lipinski definition) is 0. The zero-order valence-electron chi connectivity index (χ0n) is 26.4. The molecule has 0 aromatic rings. The van der Waals surface area contributed by atoms with Crippen LogP contribution in [0.4, 0.5) is 0 Å². The van der Waals surface area contributed by atoms with Crippen LogP contribution < -0.4 is 0 Å². The quantitative estimate of drug-likeness (QED) is 0.140.